The van der Waals surface area contributed by atoms with Crippen molar-refractivity contribution in [3.05, 3.63) is 18.2 Å². The average Bonchev–Trinajstić information content (AvgIpc) is 2.60. The molecule has 4 heteroatoms. The van der Waals surface area contributed by atoms with E-state index in [4.69, 9.17) is 0 Å². The number of aryl methyl sites for hydroxylation is 1. The largest absolute Gasteiger partial charge is 0.338 e. The summed E-state index contributed by atoms with van der Waals surface area (Å²) in [6.07, 6.45) is 6.02. The molecule has 0 aliphatic rings. The molecule has 1 heterocycles. The van der Waals surface area contributed by atoms with Crippen molar-refractivity contribution in [3.63, 3.8) is 0 Å². The Kier molecular flexibility index (Phi) is 5.49. The summed E-state index contributed by atoms with van der Waals surface area (Å²) in [5, 5.41) is 3.57. The third-order valence-electron chi connectivity index (χ3n) is 2.62. The van der Waals surface area contributed by atoms with E-state index < -0.39 is 0 Å². The fraction of sp³-hybridized carbons (Fsp3) is 0.750. The highest BCUT2D eigenvalue weighted by molar-refractivity contribution is 4.95. The van der Waals surface area contributed by atoms with E-state index in [-0.39, 0.29) is 0 Å². The Morgan fingerprint density at radius 3 is 2.75 bits per heavy atom. The summed E-state index contributed by atoms with van der Waals surface area (Å²) in [7, 11) is 6.27. The van der Waals surface area contributed by atoms with E-state index in [1.54, 1.807) is 0 Å². The number of nitrogens with zero attached hydrogens (tertiary/aromatic N) is 3. The van der Waals surface area contributed by atoms with Crippen LogP contribution in [0.4, 0.5) is 0 Å². The SMILES string of the molecule is CCCNC(Cc1nccn1C)CN(C)C. The van der Waals surface area contributed by atoms with E-state index in [0.717, 1.165) is 25.3 Å². The van der Waals surface area contributed by atoms with Crippen LogP contribution in [0, 0.1) is 0 Å². The predicted octanol–water partition coefficient (Wildman–Crippen LogP) is 0.892. The quantitative estimate of drug-likeness (QED) is 0.747. The molecule has 0 fully saturated rings. The van der Waals surface area contributed by atoms with Gasteiger partial charge in [0.15, 0.2) is 0 Å². The summed E-state index contributed by atoms with van der Waals surface area (Å²) < 4.78 is 2.09. The van der Waals surface area contributed by atoms with Crippen LogP contribution in [0.3, 0.4) is 0 Å². The fourth-order valence-corrected chi connectivity index (χ4v) is 1.80. The van der Waals surface area contributed by atoms with E-state index in [2.05, 4.69) is 47.8 Å². The third kappa shape index (κ3) is 4.33. The van der Waals surface area contributed by atoms with E-state index in [9.17, 15) is 0 Å². The van der Waals surface area contributed by atoms with Gasteiger partial charge in [-0.15, -0.1) is 0 Å². The predicted molar refractivity (Wildman–Crippen MR) is 67.5 cm³/mol. The molecule has 0 aromatic carbocycles. The zero-order chi connectivity index (χ0) is 12.0. The summed E-state index contributed by atoms with van der Waals surface area (Å²) in [4.78, 5) is 6.59. The van der Waals surface area contributed by atoms with Crippen LogP contribution in [-0.4, -0.2) is 47.7 Å². The Balaban J connectivity index is 2.52. The van der Waals surface area contributed by atoms with E-state index >= 15 is 0 Å². The van der Waals surface area contributed by atoms with Crippen molar-refractivity contribution in [3.8, 4) is 0 Å². The van der Waals surface area contributed by atoms with Crippen molar-refractivity contribution in [1.82, 2.24) is 19.8 Å². The number of hydrogen-bond acceptors (Lipinski definition) is 3. The molecule has 0 aliphatic carbocycles. The van der Waals surface area contributed by atoms with Crippen LogP contribution in [0.25, 0.3) is 0 Å². The summed E-state index contributed by atoms with van der Waals surface area (Å²) in [6.45, 7) is 4.32. The number of imidazole rings is 1. The van der Waals surface area contributed by atoms with Gasteiger partial charge < -0.3 is 14.8 Å². The fourth-order valence-electron chi connectivity index (χ4n) is 1.80. The minimum Gasteiger partial charge on any atom is -0.338 e. The molecular weight excluding hydrogens is 200 g/mol. The molecule has 0 saturated heterocycles. The second-order valence-corrected chi connectivity index (χ2v) is 4.57. The van der Waals surface area contributed by atoms with E-state index in [1.165, 1.54) is 6.42 Å². The number of aromatic nitrogens is 2. The molecule has 1 N–H and O–H groups in total. The van der Waals surface area contributed by atoms with Crippen LogP contribution in [0.2, 0.25) is 0 Å². The standard InChI is InChI=1S/C12H24N4/c1-5-6-13-11(10-15(2)3)9-12-14-7-8-16(12)4/h7-8,11,13H,5-6,9-10H2,1-4H3. The average molecular weight is 224 g/mol. The van der Waals surface area contributed by atoms with E-state index in [0.29, 0.717) is 6.04 Å². The van der Waals surface area contributed by atoms with Gasteiger partial charge in [0, 0.05) is 38.4 Å². The molecule has 1 unspecified atom stereocenters. The molecule has 0 amide bonds. The van der Waals surface area contributed by atoms with Gasteiger partial charge in [-0.2, -0.15) is 0 Å². The van der Waals surface area contributed by atoms with Crippen molar-refractivity contribution in [2.75, 3.05) is 27.2 Å². The molecule has 0 saturated carbocycles. The number of rotatable bonds is 7. The minimum absolute atomic E-state index is 0.482. The lowest BCUT2D eigenvalue weighted by molar-refractivity contribution is 0.332. The third-order valence-corrected chi connectivity index (χ3v) is 2.62. The molecule has 1 rings (SSSR count). The second kappa shape index (κ2) is 6.66. The van der Waals surface area contributed by atoms with Crippen LogP contribution in [0.1, 0.15) is 19.2 Å². The van der Waals surface area contributed by atoms with Gasteiger partial charge >= 0.3 is 0 Å². The normalized spacial score (nSPS) is 13.3. The molecule has 92 valence electrons. The highest BCUT2D eigenvalue weighted by Gasteiger charge is 2.12. The molecule has 1 atom stereocenters. The molecular formula is C12H24N4. The highest BCUT2D eigenvalue weighted by Crippen LogP contribution is 2.01. The van der Waals surface area contributed by atoms with Gasteiger partial charge in [-0.1, -0.05) is 6.92 Å². The van der Waals surface area contributed by atoms with Gasteiger partial charge in [0.2, 0.25) is 0 Å². The van der Waals surface area contributed by atoms with Crippen molar-refractivity contribution in [2.24, 2.45) is 7.05 Å². The molecule has 1 aromatic heterocycles. The second-order valence-electron chi connectivity index (χ2n) is 4.57. The lowest BCUT2D eigenvalue weighted by atomic mass is 10.2. The smallest absolute Gasteiger partial charge is 0.109 e. The van der Waals surface area contributed by atoms with Gasteiger partial charge in [-0.25, -0.2) is 4.98 Å². The molecule has 1 aromatic rings. The molecule has 4 nitrogen and oxygen atoms in total. The van der Waals surface area contributed by atoms with Gasteiger partial charge in [-0.3, -0.25) is 0 Å². The summed E-state index contributed by atoms with van der Waals surface area (Å²) >= 11 is 0. The summed E-state index contributed by atoms with van der Waals surface area (Å²) in [5.74, 6) is 1.15. The van der Waals surface area contributed by atoms with Gasteiger partial charge in [0.05, 0.1) is 0 Å². The van der Waals surface area contributed by atoms with Crippen LogP contribution in [-0.2, 0) is 13.5 Å². The van der Waals surface area contributed by atoms with Crippen molar-refractivity contribution in [2.45, 2.75) is 25.8 Å². The zero-order valence-corrected chi connectivity index (χ0v) is 10.9. The maximum absolute atomic E-state index is 4.38. The van der Waals surface area contributed by atoms with Crippen LogP contribution >= 0.6 is 0 Å². The van der Waals surface area contributed by atoms with Crippen molar-refractivity contribution >= 4 is 0 Å². The van der Waals surface area contributed by atoms with Gasteiger partial charge in [0.25, 0.3) is 0 Å². The van der Waals surface area contributed by atoms with E-state index in [1.807, 2.05) is 12.4 Å². The van der Waals surface area contributed by atoms with Crippen molar-refractivity contribution in [1.29, 1.82) is 0 Å². The number of nitrogens with one attached hydrogen (secondary N) is 1. The number of hydrogen-bond donors (Lipinski definition) is 1. The summed E-state index contributed by atoms with van der Waals surface area (Å²) in [5.41, 5.74) is 0. The molecule has 0 bridgehead atoms. The van der Waals surface area contributed by atoms with Crippen LogP contribution in [0.15, 0.2) is 12.4 Å². The number of likely N-dealkylation sites (N-methyl/N-ethyl adjacent to an activating group) is 1. The topological polar surface area (TPSA) is 33.1 Å². The Morgan fingerprint density at radius 2 is 2.25 bits per heavy atom. The first-order valence-corrected chi connectivity index (χ1v) is 5.97. The first kappa shape index (κ1) is 13.2. The molecule has 0 aliphatic heterocycles. The Labute approximate surface area is 98.7 Å². The maximum Gasteiger partial charge on any atom is 0.109 e. The highest BCUT2D eigenvalue weighted by atomic mass is 15.1. The monoisotopic (exact) mass is 224 g/mol. The van der Waals surface area contributed by atoms with Crippen LogP contribution < -0.4 is 5.32 Å². The Bertz CT molecular complexity index is 293. The lowest BCUT2D eigenvalue weighted by Crippen LogP contribution is -2.40. The maximum atomic E-state index is 4.38. The zero-order valence-electron chi connectivity index (χ0n) is 10.9. The van der Waals surface area contributed by atoms with Crippen molar-refractivity contribution < 1.29 is 0 Å². The molecule has 0 radical (unpaired) electrons. The minimum atomic E-state index is 0.482. The first-order chi connectivity index (χ1) is 7.63. The van der Waals surface area contributed by atoms with Crippen LogP contribution in [0.5, 0.6) is 0 Å². The Hall–Kier alpha value is -0.870. The van der Waals surface area contributed by atoms with Gasteiger partial charge in [-0.05, 0) is 27.1 Å². The molecule has 16 heavy (non-hydrogen) atoms. The molecule has 0 spiro atoms. The Morgan fingerprint density at radius 1 is 1.50 bits per heavy atom. The first-order valence-electron chi connectivity index (χ1n) is 5.97. The van der Waals surface area contributed by atoms with Gasteiger partial charge in [0.1, 0.15) is 5.82 Å². The summed E-state index contributed by atoms with van der Waals surface area (Å²) in [6, 6.07) is 0.482. The lowest BCUT2D eigenvalue weighted by Gasteiger charge is -2.22.